The zero-order chi connectivity index (χ0) is 7.40. The molecule has 1 N–H and O–H groups in total. The van der Waals surface area contributed by atoms with Crippen molar-refractivity contribution in [2.24, 2.45) is 5.92 Å². The fourth-order valence-corrected chi connectivity index (χ4v) is 1.04. The van der Waals surface area contributed by atoms with Crippen molar-refractivity contribution in [3.63, 3.8) is 0 Å². The molecule has 0 saturated heterocycles. The molecule has 1 fully saturated rings. The van der Waals surface area contributed by atoms with Crippen LogP contribution < -0.4 is 0 Å². The third kappa shape index (κ3) is 2.12. The third-order valence-electron chi connectivity index (χ3n) is 1.64. The molecule has 1 rings (SSSR count). The van der Waals surface area contributed by atoms with Crippen molar-refractivity contribution in [3.8, 4) is 0 Å². The van der Waals surface area contributed by atoms with E-state index in [2.05, 4.69) is 6.08 Å². The minimum Gasteiger partial charge on any atom is -0.394 e. The number of hydrogen-bond donors (Lipinski definition) is 1. The molecule has 0 aliphatic heterocycles. The van der Waals surface area contributed by atoms with Crippen molar-refractivity contribution in [3.05, 3.63) is 12.2 Å². The average Bonchev–Trinajstić information content (AvgIpc) is 2.65. The monoisotopic (exact) mass is 142 g/mol. The lowest BCUT2D eigenvalue weighted by molar-refractivity contribution is 0.0760. The predicted octanol–water partition coefficient (Wildman–Crippen LogP) is 0.960. The van der Waals surface area contributed by atoms with Gasteiger partial charge in [-0.1, -0.05) is 12.2 Å². The van der Waals surface area contributed by atoms with Gasteiger partial charge in [0.1, 0.15) is 0 Å². The minimum atomic E-state index is 0.138. The largest absolute Gasteiger partial charge is 0.394 e. The summed E-state index contributed by atoms with van der Waals surface area (Å²) in [7, 11) is 0. The van der Waals surface area contributed by atoms with Crippen molar-refractivity contribution in [1.29, 1.82) is 0 Å². The van der Waals surface area contributed by atoms with Gasteiger partial charge in [0, 0.05) is 5.92 Å². The van der Waals surface area contributed by atoms with E-state index in [9.17, 15) is 0 Å². The van der Waals surface area contributed by atoms with Crippen LogP contribution in [0.15, 0.2) is 12.2 Å². The van der Waals surface area contributed by atoms with Crippen LogP contribution in [0.25, 0.3) is 0 Å². The van der Waals surface area contributed by atoms with Gasteiger partial charge in [-0.25, -0.2) is 0 Å². The van der Waals surface area contributed by atoms with E-state index in [4.69, 9.17) is 9.84 Å². The summed E-state index contributed by atoms with van der Waals surface area (Å²) in [6.07, 6.45) is 5.72. The molecule has 0 aromatic carbocycles. The van der Waals surface area contributed by atoms with E-state index in [0.717, 1.165) is 6.42 Å². The number of allylic oxidation sites excluding steroid dienone is 1. The molecular weight excluding hydrogens is 128 g/mol. The molecule has 0 aromatic rings. The standard InChI is InChI=1S/C8H14O2/c1-2-3-7-6-8(7)10-5-4-9/h2-3,7-9H,4-6H2,1H3/b3-2+/t7-,8-/m1/s1. The van der Waals surface area contributed by atoms with Gasteiger partial charge >= 0.3 is 0 Å². The van der Waals surface area contributed by atoms with Crippen LogP contribution in [-0.4, -0.2) is 24.4 Å². The maximum absolute atomic E-state index is 8.42. The molecule has 0 unspecified atom stereocenters. The summed E-state index contributed by atoms with van der Waals surface area (Å²) >= 11 is 0. The van der Waals surface area contributed by atoms with Crippen molar-refractivity contribution in [1.82, 2.24) is 0 Å². The maximum Gasteiger partial charge on any atom is 0.0701 e. The molecule has 0 radical (unpaired) electrons. The number of ether oxygens (including phenoxy) is 1. The summed E-state index contributed by atoms with van der Waals surface area (Å²) in [6.45, 7) is 2.64. The van der Waals surface area contributed by atoms with Gasteiger partial charge in [-0.2, -0.15) is 0 Å². The van der Waals surface area contributed by atoms with E-state index in [1.807, 2.05) is 13.0 Å². The first kappa shape index (κ1) is 7.76. The highest BCUT2D eigenvalue weighted by atomic mass is 16.5. The van der Waals surface area contributed by atoms with E-state index in [1.165, 1.54) is 0 Å². The molecule has 0 amide bonds. The van der Waals surface area contributed by atoms with Crippen LogP contribution in [0.2, 0.25) is 0 Å². The number of hydrogen-bond acceptors (Lipinski definition) is 2. The van der Waals surface area contributed by atoms with Crippen molar-refractivity contribution < 1.29 is 9.84 Å². The molecular formula is C8H14O2. The van der Waals surface area contributed by atoms with Crippen LogP contribution in [0.1, 0.15) is 13.3 Å². The Morgan fingerprint density at radius 2 is 2.50 bits per heavy atom. The van der Waals surface area contributed by atoms with Crippen molar-refractivity contribution in [2.75, 3.05) is 13.2 Å². The van der Waals surface area contributed by atoms with Crippen LogP contribution >= 0.6 is 0 Å². The topological polar surface area (TPSA) is 29.5 Å². The van der Waals surface area contributed by atoms with E-state index >= 15 is 0 Å². The Bertz CT molecular complexity index is 120. The SMILES string of the molecule is C/C=C/[C@@H]1C[C@H]1OCCO. The first-order valence-corrected chi connectivity index (χ1v) is 3.73. The van der Waals surface area contributed by atoms with Gasteiger partial charge in [-0.3, -0.25) is 0 Å². The zero-order valence-corrected chi connectivity index (χ0v) is 6.29. The molecule has 0 aromatic heterocycles. The van der Waals surface area contributed by atoms with Gasteiger partial charge in [-0.15, -0.1) is 0 Å². The Labute approximate surface area is 61.5 Å². The Kier molecular flexibility index (Phi) is 2.90. The Morgan fingerprint density at radius 3 is 3.10 bits per heavy atom. The third-order valence-corrected chi connectivity index (χ3v) is 1.64. The molecule has 0 heterocycles. The zero-order valence-electron chi connectivity index (χ0n) is 6.29. The molecule has 0 bridgehead atoms. The molecule has 0 spiro atoms. The molecule has 1 aliphatic rings. The van der Waals surface area contributed by atoms with Crippen LogP contribution in [0.3, 0.4) is 0 Å². The van der Waals surface area contributed by atoms with Crippen molar-refractivity contribution in [2.45, 2.75) is 19.4 Å². The smallest absolute Gasteiger partial charge is 0.0701 e. The lowest BCUT2D eigenvalue weighted by atomic mass is 10.4. The highest BCUT2D eigenvalue weighted by Gasteiger charge is 2.35. The van der Waals surface area contributed by atoms with Gasteiger partial charge in [0.15, 0.2) is 0 Å². The summed E-state index contributed by atoms with van der Waals surface area (Å²) in [5.41, 5.74) is 0. The average molecular weight is 142 g/mol. The molecule has 2 heteroatoms. The number of aliphatic hydroxyl groups excluding tert-OH is 1. The summed E-state index contributed by atoms with van der Waals surface area (Å²) in [4.78, 5) is 0. The van der Waals surface area contributed by atoms with Gasteiger partial charge in [0.05, 0.1) is 19.3 Å². The second kappa shape index (κ2) is 3.74. The Morgan fingerprint density at radius 1 is 1.70 bits per heavy atom. The quantitative estimate of drug-likeness (QED) is 0.592. The fraction of sp³-hybridized carbons (Fsp3) is 0.750. The highest BCUT2D eigenvalue weighted by Crippen LogP contribution is 2.34. The molecule has 1 aliphatic carbocycles. The van der Waals surface area contributed by atoms with Gasteiger partial charge in [0.2, 0.25) is 0 Å². The van der Waals surface area contributed by atoms with Gasteiger partial charge in [-0.05, 0) is 13.3 Å². The number of aliphatic hydroxyl groups is 1. The number of rotatable bonds is 4. The molecule has 1 saturated carbocycles. The Hall–Kier alpha value is -0.340. The predicted molar refractivity (Wildman–Crippen MR) is 39.7 cm³/mol. The van der Waals surface area contributed by atoms with Gasteiger partial charge in [0.25, 0.3) is 0 Å². The normalized spacial score (nSPS) is 31.4. The Balaban J connectivity index is 2.02. The minimum absolute atomic E-state index is 0.138. The maximum atomic E-state index is 8.42. The highest BCUT2D eigenvalue weighted by molar-refractivity contribution is 5.02. The van der Waals surface area contributed by atoms with E-state index in [-0.39, 0.29) is 6.61 Å². The summed E-state index contributed by atoms with van der Waals surface area (Å²) < 4.78 is 5.27. The molecule has 2 atom stereocenters. The first-order valence-electron chi connectivity index (χ1n) is 3.73. The summed E-state index contributed by atoms with van der Waals surface area (Å²) in [6, 6.07) is 0. The molecule has 2 nitrogen and oxygen atoms in total. The van der Waals surface area contributed by atoms with Gasteiger partial charge < -0.3 is 9.84 Å². The molecule has 10 heavy (non-hydrogen) atoms. The van der Waals surface area contributed by atoms with E-state index in [1.54, 1.807) is 0 Å². The lowest BCUT2D eigenvalue weighted by Crippen LogP contribution is -2.01. The van der Waals surface area contributed by atoms with E-state index < -0.39 is 0 Å². The lowest BCUT2D eigenvalue weighted by Gasteiger charge is -1.96. The van der Waals surface area contributed by atoms with Crippen LogP contribution in [0.4, 0.5) is 0 Å². The summed E-state index contributed by atoms with van der Waals surface area (Å²) in [5.74, 6) is 0.622. The summed E-state index contributed by atoms with van der Waals surface area (Å²) in [5, 5.41) is 8.42. The fourth-order valence-electron chi connectivity index (χ4n) is 1.04. The van der Waals surface area contributed by atoms with Crippen LogP contribution in [-0.2, 0) is 4.74 Å². The van der Waals surface area contributed by atoms with Crippen LogP contribution in [0, 0.1) is 5.92 Å². The second-order valence-corrected chi connectivity index (χ2v) is 2.56. The first-order chi connectivity index (χ1) is 4.88. The van der Waals surface area contributed by atoms with Crippen molar-refractivity contribution >= 4 is 0 Å². The van der Waals surface area contributed by atoms with E-state index in [0.29, 0.717) is 18.6 Å². The second-order valence-electron chi connectivity index (χ2n) is 2.56. The van der Waals surface area contributed by atoms with Crippen LogP contribution in [0.5, 0.6) is 0 Å². The molecule has 58 valence electrons.